The molecule has 0 aromatic rings. The van der Waals surface area contributed by atoms with Crippen molar-refractivity contribution in [3.8, 4) is 0 Å². The van der Waals surface area contributed by atoms with Crippen LogP contribution in [0, 0.1) is 0 Å². The number of nitrogens with two attached hydrogens (primary N) is 1. The number of hydrogen-bond acceptors (Lipinski definition) is 4. The fourth-order valence-electron chi connectivity index (χ4n) is 1.59. The van der Waals surface area contributed by atoms with Gasteiger partial charge in [0.25, 0.3) is 0 Å². The van der Waals surface area contributed by atoms with Crippen molar-refractivity contribution in [1.29, 1.82) is 0 Å². The Bertz CT molecular complexity index is 219. The maximum atomic E-state index is 11.8. The maximum Gasteiger partial charge on any atom is 0.236 e. The van der Waals surface area contributed by atoms with Gasteiger partial charge in [-0.25, -0.2) is 0 Å². The number of morpholine rings is 1. The van der Waals surface area contributed by atoms with E-state index in [1.807, 2.05) is 30.8 Å². The van der Waals surface area contributed by atoms with E-state index in [1.54, 1.807) is 0 Å². The fourth-order valence-corrected chi connectivity index (χ4v) is 1.59. The SMILES string of the molecule is CC(N)C1CN(C(=O)CN(C)C)CCO1. The minimum Gasteiger partial charge on any atom is -0.373 e. The van der Waals surface area contributed by atoms with Crippen LogP contribution in [0.25, 0.3) is 0 Å². The summed E-state index contributed by atoms with van der Waals surface area (Å²) in [5.41, 5.74) is 5.76. The van der Waals surface area contributed by atoms with Gasteiger partial charge in [0.1, 0.15) is 0 Å². The zero-order valence-electron chi connectivity index (χ0n) is 9.77. The van der Waals surface area contributed by atoms with Crippen molar-refractivity contribution >= 4 is 5.91 Å². The molecule has 88 valence electrons. The number of carbonyl (C=O) groups is 1. The van der Waals surface area contributed by atoms with Crippen LogP contribution in [0.5, 0.6) is 0 Å². The molecule has 0 radical (unpaired) electrons. The molecule has 2 atom stereocenters. The first kappa shape index (κ1) is 12.4. The minimum atomic E-state index is -0.0278. The Morgan fingerprint density at radius 2 is 2.33 bits per heavy atom. The minimum absolute atomic E-state index is 0.0233. The van der Waals surface area contributed by atoms with Gasteiger partial charge in [-0.05, 0) is 21.0 Å². The van der Waals surface area contributed by atoms with Crippen molar-refractivity contribution < 1.29 is 9.53 Å². The van der Waals surface area contributed by atoms with Gasteiger partial charge in [0, 0.05) is 19.1 Å². The highest BCUT2D eigenvalue weighted by molar-refractivity contribution is 5.78. The summed E-state index contributed by atoms with van der Waals surface area (Å²) in [5, 5.41) is 0. The lowest BCUT2D eigenvalue weighted by Gasteiger charge is -2.35. The van der Waals surface area contributed by atoms with Crippen LogP contribution in [0.2, 0.25) is 0 Å². The third kappa shape index (κ3) is 3.77. The molecular formula is C10H21N3O2. The number of amides is 1. The Hall–Kier alpha value is -0.650. The summed E-state index contributed by atoms with van der Waals surface area (Å²) in [6, 6.07) is -0.0278. The topological polar surface area (TPSA) is 58.8 Å². The van der Waals surface area contributed by atoms with Gasteiger partial charge in [-0.1, -0.05) is 0 Å². The first-order chi connectivity index (χ1) is 7.00. The molecule has 2 unspecified atom stereocenters. The quantitative estimate of drug-likeness (QED) is 0.664. The van der Waals surface area contributed by atoms with Gasteiger partial charge in [-0.3, -0.25) is 4.79 Å². The molecule has 15 heavy (non-hydrogen) atoms. The van der Waals surface area contributed by atoms with E-state index < -0.39 is 0 Å². The number of hydrogen-bond donors (Lipinski definition) is 1. The van der Waals surface area contributed by atoms with Gasteiger partial charge in [0.15, 0.2) is 0 Å². The molecule has 1 heterocycles. The molecule has 0 aliphatic carbocycles. The summed E-state index contributed by atoms with van der Waals surface area (Å²) in [4.78, 5) is 15.5. The maximum absolute atomic E-state index is 11.8. The van der Waals surface area contributed by atoms with E-state index in [2.05, 4.69) is 0 Å². The van der Waals surface area contributed by atoms with Gasteiger partial charge >= 0.3 is 0 Å². The van der Waals surface area contributed by atoms with Gasteiger partial charge in [-0.2, -0.15) is 0 Å². The smallest absolute Gasteiger partial charge is 0.236 e. The van der Waals surface area contributed by atoms with Crippen molar-refractivity contribution in [3.63, 3.8) is 0 Å². The van der Waals surface area contributed by atoms with Crippen molar-refractivity contribution in [3.05, 3.63) is 0 Å². The van der Waals surface area contributed by atoms with Crippen LogP contribution in [0.3, 0.4) is 0 Å². The zero-order chi connectivity index (χ0) is 11.4. The molecule has 0 bridgehead atoms. The van der Waals surface area contributed by atoms with Crippen LogP contribution in [-0.4, -0.2) is 68.2 Å². The van der Waals surface area contributed by atoms with Crippen LogP contribution in [0.15, 0.2) is 0 Å². The standard InChI is InChI=1S/C10H21N3O2/c1-8(11)9-6-13(4-5-15-9)10(14)7-12(2)3/h8-9H,4-7,11H2,1-3H3. The Morgan fingerprint density at radius 3 is 2.87 bits per heavy atom. The summed E-state index contributed by atoms with van der Waals surface area (Å²) >= 11 is 0. The molecule has 0 spiro atoms. The number of rotatable bonds is 3. The van der Waals surface area contributed by atoms with Crippen molar-refractivity contribution in [2.24, 2.45) is 5.73 Å². The molecular weight excluding hydrogens is 194 g/mol. The largest absolute Gasteiger partial charge is 0.373 e. The van der Waals surface area contributed by atoms with Crippen LogP contribution < -0.4 is 5.73 Å². The van der Waals surface area contributed by atoms with Crippen LogP contribution in [-0.2, 0) is 9.53 Å². The molecule has 0 saturated carbocycles. The molecule has 1 fully saturated rings. The van der Waals surface area contributed by atoms with Gasteiger partial charge in [0.2, 0.25) is 5.91 Å². The van der Waals surface area contributed by atoms with E-state index in [9.17, 15) is 4.79 Å². The normalized spacial score (nSPS) is 24.3. The lowest BCUT2D eigenvalue weighted by atomic mass is 10.1. The van der Waals surface area contributed by atoms with E-state index >= 15 is 0 Å². The summed E-state index contributed by atoms with van der Waals surface area (Å²) < 4.78 is 5.49. The second kappa shape index (κ2) is 5.44. The van der Waals surface area contributed by atoms with Crippen molar-refractivity contribution in [1.82, 2.24) is 9.80 Å². The molecule has 0 aromatic carbocycles. The van der Waals surface area contributed by atoms with Crippen LogP contribution in [0.1, 0.15) is 6.92 Å². The molecule has 1 rings (SSSR count). The first-order valence-electron chi connectivity index (χ1n) is 5.30. The predicted molar refractivity (Wildman–Crippen MR) is 58.5 cm³/mol. The number of likely N-dealkylation sites (N-methyl/N-ethyl adjacent to an activating group) is 1. The average Bonchev–Trinajstić information content (AvgIpc) is 2.17. The summed E-state index contributed by atoms with van der Waals surface area (Å²) in [6.45, 7) is 4.24. The van der Waals surface area contributed by atoms with Gasteiger partial charge < -0.3 is 20.3 Å². The highest BCUT2D eigenvalue weighted by Crippen LogP contribution is 2.08. The Labute approximate surface area is 91.2 Å². The molecule has 5 heteroatoms. The predicted octanol–water partition coefficient (Wildman–Crippen LogP) is -0.877. The van der Waals surface area contributed by atoms with Crippen molar-refractivity contribution in [2.45, 2.75) is 19.1 Å². The van der Waals surface area contributed by atoms with Crippen LogP contribution in [0.4, 0.5) is 0 Å². The summed E-state index contributed by atoms with van der Waals surface area (Å²) in [5.74, 6) is 0.147. The monoisotopic (exact) mass is 215 g/mol. The molecule has 1 amide bonds. The second-order valence-corrected chi connectivity index (χ2v) is 4.35. The second-order valence-electron chi connectivity index (χ2n) is 4.35. The summed E-state index contributed by atoms with van der Waals surface area (Å²) in [7, 11) is 3.78. The molecule has 0 aromatic heterocycles. The van der Waals surface area contributed by atoms with E-state index in [0.29, 0.717) is 26.2 Å². The molecule has 5 nitrogen and oxygen atoms in total. The Morgan fingerprint density at radius 1 is 1.67 bits per heavy atom. The lowest BCUT2D eigenvalue weighted by molar-refractivity contribution is -0.139. The van der Waals surface area contributed by atoms with Crippen LogP contribution >= 0.6 is 0 Å². The zero-order valence-corrected chi connectivity index (χ0v) is 9.77. The molecule has 1 aliphatic rings. The third-order valence-corrected chi connectivity index (χ3v) is 2.48. The van der Waals surface area contributed by atoms with Gasteiger partial charge in [0.05, 0.1) is 19.3 Å². The highest BCUT2D eigenvalue weighted by atomic mass is 16.5. The Balaban J connectivity index is 2.45. The Kier molecular flexibility index (Phi) is 4.50. The first-order valence-corrected chi connectivity index (χ1v) is 5.30. The van der Waals surface area contributed by atoms with E-state index in [0.717, 1.165) is 0 Å². The lowest BCUT2D eigenvalue weighted by Crippen LogP contribution is -2.52. The molecule has 1 aliphatic heterocycles. The highest BCUT2D eigenvalue weighted by Gasteiger charge is 2.26. The van der Waals surface area contributed by atoms with E-state index in [-0.39, 0.29) is 18.1 Å². The van der Waals surface area contributed by atoms with E-state index in [4.69, 9.17) is 10.5 Å². The molecule has 2 N–H and O–H groups in total. The van der Waals surface area contributed by atoms with Crippen molar-refractivity contribution in [2.75, 3.05) is 40.3 Å². The van der Waals surface area contributed by atoms with Gasteiger partial charge in [-0.15, -0.1) is 0 Å². The number of nitrogens with zero attached hydrogens (tertiary/aromatic N) is 2. The fraction of sp³-hybridized carbons (Fsp3) is 0.900. The van der Waals surface area contributed by atoms with E-state index in [1.165, 1.54) is 0 Å². The number of ether oxygens (including phenoxy) is 1. The number of carbonyl (C=O) groups excluding carboxylic acids is 1. The molecule has 1 saturated heterocycles. The average molecular weight is 215 g/mol. The summed E-state index contributed by atoms with van der Waals surface area (Å²) in [6.07, 6.45) is -0.0233. The third-order valence-electron chi connectivity index (χ3n) is 2.48.